The van der Waals surface area contributed by atoms with Crippen LogP contribution in [0.3, 0.4) is 0 Å². The van der Waals surface area contributed by atoms with E-state index in [9.17, 15) is 14.4 Å². The Morgan fingerprint density at radius 2 is 1.88 bits per heavy atom. The Kier molecular flexibility index (Phi) is 6.54. The monoisotopic (exact) mass is 457 g/mol. The highest BCUT2D eigenvalue weighted by Crippen LogP contribution is 2.32. The number of nitrogens with two attached hydrogens (primary N) is 1. The van der Waals surface area contributed by atoms with Gasteiger partial charge in [-0.1, -0.05) is 36.4 Å². The van der Waals surface area contributed by atoms with Crippen molar-refractivity contribution in [2.24, 2.45) is 5.73 Å². The van der Waals surface area contributed by atoms with E-state index >= 15 is 0 Å². The summed E-state index contributed by atoms with van der Waals surface area (Å²) in [4.78, 5) is 39.4. The number of hydrogen-bond acceptors (Lipinski definition) is 5. The highest BCUT2D eigenvalue weighted by Gasteiger charge is 2.23. The van der Waals surface area contributed by atoms with Gasteiger partial charge < -0.3 is 20.8 Å². The molecule has 0 aliphatic heterocycles. The molecule has 0 fully saturated rings. The Labute approximate surface area is 194 Å². The van der Waals surface area contributed by atoms with Gasteiger partial charge in [-0.25, -0.2) is 0 Å². The first-order chi connectivity index (χ1) is 16.5. The summed E-state index contributed by atoms with van der Waals surface area (Å²) in [6.07, 6.45) is 3.71. The number of aromatic nitrogens is 3. The lowest BCUT2D eigenvalue weighted by Crippen LogP contribution is -2.45. The Morgan fingerprint density at radius 3 is 2.59 bits per heavy atom. The molecule has 9 heteroatoms. The number of ether oxygens (including phenoxy) is 1. The smallest absolute Gasteiger partial charge is 0.255 e. The maximum atomic E-state index is 13.1. The average Bonchev–Trinajstić information content (AvgIpc) is 3.25. The lowest BCUT2D eigenvalue weighted by atomic mass is 10.0. The van der Waals surface area contributed by atoms with Crippen molar-refractivity contribution in [1.82, 2.24) is 20.5 Å². The van der Waals surface area contributed by atoms with Crippen LogP contribution in [0.1, 0.15) is 27.3 Å². The number of rotatable bonds is 8. The molecule has 4 rings (SSSR count). The van der Waals surface area contributed by atoms with E-state index in [1.807, 2.05) is 30.3 Å². The standard InChI is InChI=1S/C25H23N5O4/c1-34-23-17(25(33)28-20(24(26)32)14-15-6-3-2-4-7-15)11-13-19-22(23)18(29-30-19)12-10-16-8-5-9-21(31)27-16/h2-13,20H,14H2,1H3,(H2,26,32)(H,27,31)(H,28,33)(H,29,30). The molecule has 172 valence electrons. The number of nitrogens with zero attached hydrogens (tertiary/aromatic N) is 1. The molecule has 1 atom stereocenters. The minimum atomic E-state index is -0.895. The van der Waals surface area contributed by atoms with Crippen molar-refractivity contribution in [3.05, 3.63) is 93.5 Å². The highest BCUT2D eigenvalue weighted by molar-refractivity contribution is 6.06. The fraction of sp³-hybridized carbons (Fsp3) is 0.120. The van der Waals surface area contributed by atoms with Crippen LogP contribution in [-0.2, 0) is 11.2 Å². The molecule has 2 amide bonds. The van der Waals surface area contributed by atoms with Gasteiger partial charge in [-0.15, -0.1) is 0 Å². The zero-order valence-electron chi connectivity index (χ0n) is 18.4. The minimum Gasteiger partial charge on any atom is -0.495 e. The van der Waals surface area contributed by atoms with E-state index in [0.29, 0.717) is 28.0 Å². The van der Waals surface area contributed by atoms with Gasteiger partial charge in [0, 0.05) is 18.2 Å². The fourth-order valence-corrected chi connectivity index (χ4v) is 3.66. The molecule has 0 spiro atoms. The quantitative estimate of drug-likeness (QED) is 0.321. The molecular formula is C25H23N5O4. The summed E-state index contributed by atoms with van der Waals surface area (Å²) in [6.45, 7) is 0. The summed E-state index contributed by atoms with van der Waals surface area (Å²) in [5.74, 6) is -0.837. The molecule has 0 radical (unpaired) electrons. The van der Waals surface area contributed by atoms with Gasteiger partial charge in [0.05, 0.1) is 29.3 Å². The van der Waals surface area contributed by atoms with E-state index < -0.39 is 17.9 Å². The molecule has 34 heavy (non-hydrogen) atoms. The number of carbonyl (C=O) groups excluding carboxylic acids is 2. The maximum absolute atomic E-state index is 13.1. The van der Waals surface area contributed by atoms with Gasteiger partial charge in [0.2, 0.25) is 11.5 Å². The second kappa shape index (κ2) is 9.86. The third-order valence-corrected chi connectivity index (χ3v) is 5.30. The van der Waals surface area contributed by atoms with Gasteiger partial charge in [-0.05, 0) is 35.9 Å². The van der Waals surface area contributed by atoms with Gasteiger partial charge in [0.25, 0.3) is 5.91 Å². The number of hydrogen-bond donors (Lipinski definition) is 4. The van der Waals surface area contributed by atoms with Crippen LogP contribution in [0.25, 0.3) is 23.1 Å². The first kappa shape index (κ1) is 22.5. The van der Waals surface area contributed by atoms with Crippen molar-refractivity contribution in [2.75, 3.05) is 7.11 Å². The first-order valence-corrected chi connectivity index (χ1v) is 10.5. The van der Waals surface area contributed by atoms with Crippen molar-refractivity contribution in [1.29, 1.82) is 0 Å². The lowest BCUT2D eigenvalue weighted by molar-refractivity contribution is -0.119. The molecule has 0 saturated heterocycles. The molecule has 0 aliphatic carbocycles. The summed E-state index contributed by atoms with van der Waals surface area (Å²) in [7, 11) is 1.45. The van der Waals surface area contributed by atoms with Crippen LogP contribution in [0, 0.1) is 0 Å². The summed E-state index contributed by atoms with van der Waals surface area (Å²) < 4.78 is 5.58. The van der Waals surface area contributed by atoms with Gasteiger partial charge in [-0.2, -0.15) is 5.10 Å². The molecule has 0 saturated carbocycles. The number of fused-ring (bicyclic) bond motifs is 1. The molecular weight excluding hydrogens is 434 g/mol. The van der Waals surface area contributed by atoms with Gasteiger partial charge in [-0.3, -0.25) is 19.5 Å². The number of methoxy groups -OCH3 is 1. The molecule has 2 aromatic carbocycles. The third kappa shape index (κ3) is 4.88. The van der Waals surface area contributed by atoms with Crippen molar-refractivity contribution in [3.8, 4) is 5.75 Å². The van der Waals surface area contributed by atoms with E-state index in [0.717, 1.165) is 5.56 Å². The predicted molar refractivity (Wildman–Crippen MR) is 129 cm³/mol. The summed E-state index contributed by atoms with van der Waals surface area (Å²) in [5.41, 5.74) is 8.22. The van der Waals surface area contributed by atoms with Crippen molar-refractivity contribution < 1.29 is 14.3 Å². The molecule has 0 bridgehead atoms. The molecule has 1 unspecified atom stereocenters. The number of aromatic amines is 2. The second-order valence-electron chi connectivity index (χ2n) is 7.60. The van der Waals surface area contributed by atoms with E-state index in [1.54, 1.807) is 36.4 Å². The molecule has 5 N–H and O–H groups in total. The number of pyridine rings is 1. The van der Waals surface area contributed by atoms with Gasteiger partial charge in [0.1, 0.15) is 11.8 Å². The summed E-state index contributed by atoms with van der Waals surface area (Å²) >= 11 is 0. The second-order valence-corrected chi connectivity index (χ2v) is 7.60. The summed E-state index contributed by atoms with van der Waals surface area (Å²) in [6, 6.07) is 16.5. The van der Waals surface area contributed by atoms with E-state index in [2.05, 4.69) is 20.5 Å². The molecule has 4 aromatic rings. The topological polar surface area (TPSA) is 143 Å². The van der Waals surface area contributed by atoms with Crippen molar-refractivity contribution in [3.63, 3.8) is 0 Å². The third-order valence-electron chi connectivity index (χ3n) is 5.30. The van der Waals surface area contributed by atoms with Gasteiger partial charge in [0.15, 0.2) is 0 Å². The SMILES string of the molecule is COc1c(C(=O)NC(Cc2ccccc2)C(N)=O)ccc2n[nH]c(C=Cc3cccc(=O)[nH]3)c12. The van der Waals surface area contributed by atoms with Crippen molar-refractivity contribution >= 4 is 34.9 Å². The van der Waals surface area contributed by atoms with E-state index in [1.165, 1.54) is 13.2 Å². The number of primary amides is 1. The van der Waals surface area contributed by atoms with Crippen LogP contribution in [0.5, 0.6) is 5.75 Å². The number of H-pyrrole nitrogens is 2. The number of nitrogens with one attached hydrogen (secondary N) is 3. The Morgan fingerprint density at radius 1 is 1.09 bits per heavy atom. The van der Waals surface area contributed by atoms with Crippen LogP contribution in [0.15, 0.2) is 65.5 Å². The Balaban J connectivity index is 1.65. The normalized spacial score (nSPS) is 12.0. The number of benzene rings is 2. The van der Waals surface area contributed by atoms with E-state index in [-0.39, 0.29) is 17.5 Å². The maximum Gasteiger partial charge on any atom is 0.255 e. The van der Waals surface area contributed by atoms with Gasteiger partial charge >= 0.3 is 0 Å². The van der Waals surface area contributed by atoms with Crippen LogP contribution in [-0.4, -0.2) is 40.1 Å². The van der Waals surface area contributed by atoms with Crippen LogP contribution < -0.4 is 21.3 Å². The van der Waals surface area contributed by atoms with Crippen LogP contribution in [0.2, 0.25) is 0 Å². The Hall–Kier alpha value is -4.66. The zero-order valence-corrected chi connectivity index (χ0v) is 18.4. The molecule has 9 nitrogen and oxygen atoms in total. The van der Waals surface area contributed by atoms with Crippen molar-refractivity contribution in [2.45, 2.75) is 12.5 Å². The predicted octanol–water partition coefficient (Wildman–Crippen LogP) is 2.26. The minimum absolute atomic E-state index is 0.215. The van der Waals surface area contributed by atoms with Crippen LogP contribution >= 0.6 is 0 Å². The zero-order chi connectivity index (χ0) is 24.1. The Bertz CT molecular complexity index is 1420. The molecule has 0 aliphatic rings. The van der Waals surface area contributed by atoms with E-state index in [4.69, 9.17) is 10.5 Å². The summed E-state index contributed by atoms with van der Waals surface area (Å²) in [5, 5.41) is 10.5. The first-order valence-electron chi connectivity index (χ1n) is 10.5. The number of amides is 2. The molecule has 2 aromatic heterocycles. The fourth-order valence-electron chi connectivity index (χ4n) is 3.66. The highest BCUT2D eigenvalue weighted by atomic mass is 16.5. The largest absolute Gasteiger partial charge is 0.495 e. The average molecular weight is 457 g/mol. The molecule has 2 heterocycles. The lowest BCUT2D eigenvalue weighted by Gasteiger charge is -2.17. The van der Waals surface area contributed by atoms with Crippen LogP contribution in [0.4, 0.5) is 0 Å². The number of carbonyl (C=O) groups is 2.